The molecular formula is C18H20N2O7. The zero-order valence-corrected chi connectivity index (χ0v) is 15.2. The summed E-state index contributed by atoms with van der Waals surface area (Å²) in [5, 5.41) is 1.88. The summed E-state index contributed by atoms with van der Waals surface area (Å²) in [5.74, 6) is -3.44. The number of carbonyl (C=O) groups is 5. The van der Waals surface area contributed by atoms with Crippen LogP contribution in [0.3, 0.4) is 0 Å². The van der Waals surface area contributed by atoms with Crippen LogP contribution in [0.25, 0.3) is 0 Å². The first-order valence-corrected chi connectivity index (χ1v) is 8.38. The molecule has 2 rings (SSSR count). The summed E-state index contributed by atoms with van der Waals surface area (Å²) < 4.78 is 9.45. The second-order valence-corrected chi connectivity index (χ2v) is 6.09. The Balaban J connectivity index is 2.09. The molecule has 0 fully saturated rings. The molecule has 4 amide bonds. The first-order chi connectivity index (χ1) is 12.8. The second-order valence-electron chi connectivity index (χ2n) is 6.09. The number of esters is 1. The quantitative estimate of drug-likeness (QED) is 0.584. The minimum absolute atomic E-state index is 0.0774. The molecule has 0 unspecified atom stereocenters. The maximum atomic E-state index is 12.6. The van der Waals surface area contributed by atoms with Gasteiger partial charge in [-0.3, -0.25) is 24.6 Å². The summed E-state index contributed by atoms with van der Waals surface area (Å²) in [5.41, 5.74) is 0.419. The number of nitrogens with zero attached hydrogens (tertiary/aromatic N) is 1. The Bertz CT molecular complexity index is 753. The molecule has 1 aliphatic rings. The van der Waals surface area contributed by atoms with Gasteiger partial charge in [-0.1, -0.05) is 26.0 Å². The van der Waals surface area contributed by atoms with Crippen molar-refractivity contribution in [1.29, 1.82) is 0 Å². The predicted molar refractivity (Wildman–Crippen MR) is 91.7 cm³/mol. The molecule has 1 aromatic carbocycles. The Kier molecular flexibility index (Phi) is 6.27. The summed E-state index contributed by atoms with van der Waals surface area (Å²) in [7, 11) is 0. The number of hydrogen-bond acceptors (Lipinski definition) is 7. The van der Waals surface area contributed by atoms with Crippen molar-refractivity contribution < 1.29 is 33.4 Å². The number of benzene rings is 1. The third kappa shape index (κ3) is 4.30. The highest BCUT2D eigenvalue weighted by atomic mass is 16.6. The number of alkyl carbamates (subject to hydrolysis) is 1. The van der Waals surface area contributed by atoms with E-state index >= 15 is 0 Å². The molecule has 0 radical (unpaired) electrons. The first kappa shape index (κ1) is 20.1. The molecule has 1 aliphatic heterocycles. The number of fused-ring (bicyclic) bond motifs is 1. The minimum atomic E-state index is -1.20. The Morgan fingerprint density at radius 3 is 2.07 bits per heavy atom. The summed E-state index contributed by atoms with van der Waals surface area (Å²) in [4.78, 5) is 61.2. The lowest BCUT2D eigenvalue weighted by Gasteiger charge is -2.27. The van der Waals surface area contributed by atoms with E-state index in [9.17, 15) is 24.0 Å². The van der Waals surface area contributed by atoms with Gasteiger partial charge in [0.25, 0.3) is 17.7 Å². The predicted octanol–water partition coefficient (Wildman–Crippen LogP) is 1.12. The van der Waals surface area contributed by atoms with E-state index in [2.05, 4.69) is 4.74 Å². The molecule has 1 aromatic rings. The average molecular weight is 376 g/mol. The fourth-order valence-electron chi connectivity index (χ4n) is 2.68. The topological polar surface area (TPSA) is 119 Å². The van der Waals surface area contributed by atoms with Gasteiger partial charge < -0.3 is 9.47 Å². The fraction of sp³-hybridized carbons (Fsp3) is 0.389. The number of hydrogen-bond donors (Lipinski definition) is 1. The summed E-state index contributed by atoms with van der Waals surface area (Å²) in [6.45, 7) is 4.19. The van der Waals surface area contributed by atoms with E-state index < -0.39 is 48.4 Å². The Labute approximate surface area is 155 Å². The molecule has 9 heteroatoms. The lowest BCUT2D eigenvalue weighted by atomic mass is 10.0. The van der Waals surface area contributed by atoms with Crippen LogP contribution in [0, 0.1) is 5.92 Å². The van der Waals surface area contributed by atoms with Gasteiger partial charge in [0, 0.05) is 0 Å². The highest BCUT2D eigenvalue weighted by Crippen LogP contribution is 2.27. The SMILES string of the molecule is CCOC(=O)NC(=O)COC(=O)[C@@H](C(C)C)N1C(=O)c2ccccc2C1=O. The van der Waals surface area contributed by atoms with Crippen molar-refractivity contribution in [2.45, 2.75) is 26.8 Å². The number of rotatable bonds is 6. The van der Waals surface area contributed by atoms with Crippen LogP contribution in [0.1, 0.15) is 41.5 Å². The molecule has 144 valence electrons. The lowest BCUT2D eigenvalue weighted by molar-refractivity contribution is -0.153. The van der Waals surface area contributed by atoms with Gasteiger partial charge >= 0.3 is 12.1 Å². The number of amides is 4. The minimum Gasteiger partial charge on any atom is -0.454 e. The van der Waals surface area contributed by atoms with Crippen molar-refractivity contribution in [1.82, 2.24) is 10.2 Å². The molecule has 0 saturated carbocycles. The van der Waals surface area contributed by atoms with Crippen LogP contribution in [-0.2, 0) is 19.1 Å². The monoisotopic (exact) mass is 376 g/mol. The normalized spacial score (nSPS) is 14.0. The van der Waals surface area contributed by atoms with Gasteiger partial charge in [0.1, 0.15) is 6.04 Å². The van der Waals surface area contributed by atoms with Crippen molar-refractivity contribution in [2.24, 2.45) is 5.92 Å². The zero-order chi connectivity index (χ0) is 20.1. The summed E-state index contributed by atoms with van der Waals surface area (Å²) in [6.07, 6.45) is -0.959. The number of ether oxygens (including phenoxy) is 2. The zero-order valence-electron chi connectivity index (χ0n) is 15.2. The fourth-order valence-corrected chi connectivity index (χ4v) is 2.68. The molecule has 0 saturated heterocycles. The summed E-state index contributed by atoms with van der Waals surface area (Å²) in [6, 6.07) is 5.05. The maximum Gasteiger partial charge on any atom is 0.413 e. The van der Waals surface area contributed by atoms with Crippen molar-refractivity contribution in [3.05, 3.63) is 35.4 Å². The van der Waals surface area contributed by atoms with E-state index in [1.54, 1.807) is 32.9 Å². The first-order valence-electron chi connectivity index (χ1n) is 8.38. The molecular weight excluding hydrogens is 356 g/mol. The van der Waals surface area contributed by atoms with Gasteiger partial charge in [-0.2, -0.15) is 0 Å². The van der Waals surface area contributed by atoms with Crippen LogP contribution >= 0.6 is 0 Å². The van der Waals surface area contributed by atoms with E-state index in [1.165, 1.54) is 12.1 Å². The van der Waals surface area contributed by atoms with Gasteiger partial charge in [0.05, 0.1) is 17.7 Å². The Morgan fingerprint density at radius 2 is 1.59 bits per heavy atom. The van der Waals surface area contributed by atoms with Crippen LogP contribution in [0.2, 0.25) is 0 Å². The van der Waals surface area contributed by atoms with E-state index in [0.717, 1.165) is 4.90 Å². The molecule has 1 N–H and O–H groups in total. The number of carbonyl (C=O) groups excluding carboxylic acids is 5. The molecule has 27 heavy (non-hydrogen) atoms. The highest BCUT2D eigenvalue weighted by molar-refractivity contribution is 6.22. The van der Waals surface area contributed by atoms with Gasteiger partial charge in [0.15, 0.2) is 6.61 Å². The van der Waals surface area contributed by atoms with Crippen molar-refractivity contribution >= 4 is 29.8 Å². The molecule has 0 aromatic heterocycles. The lowest BCUT2D eigenvalue weighted by Crippen LogP contribution is -2.49. The second kappa shape index (κ2) is 8.43. The van der Waals surface area contributed by atoms with Gasteiger partial charge in [-0.25, -0.2) is 9.59 Å². The van der Waals surface area contributed by atoms with E-state index in [-0.39, 0.29) is 17.7 Å². The molecule has 0 aliphatic carbocycles. The van der Waals surface area contributed by atoms with Gasteiger partial charge in [-0.05, 0) is 25.0 Å². The molecule has 1 atom stereocenters. The Morgan fingerprint density at radius 1 is 1.04 bits per heavy atom. The summed E-state index contributed by atoms with van der Waals surface area (Å²) >= 11 is 0. The highest BCUT2D eigenvalue weighted by Gasteiger charge is 2.44. The van der Waals surface area contributed by atoms with Crippen LogP contribution in [0.15, 0.2) is 24.3 Å². The largest absolute Gasteiger partial charge is 0.454 e. The maximum absolute atomic E-state index is 12.6. The standard InChI is InChI=1S/C18H20N2O7/c1-4-26-18(25)19-13(21)9-27-17(24)14(10(2)3)20-15(22)11-7-5-6-8-12(11)16(20)23/h5-8,10,14H,4,9H2,1-3H3,(H,19,21,25)/t14-/m1/s1. The Hall–Kier alpha value is -3.23. The average Bonchev–Trinajstić information content (AvgIpc) is 2.86. The molecule has 1 heterocycles. The van der Waals surface area contributed by atoms with E-state index in [4.69, 9.17) is 4.74 Å². The third-order valence-corrected chi connectivity index (χ3v) is 3.84. The van der Waals surface area contributed by atoms with Crippen LogP contribution in [0.5, 0.6) is 0 Å². The molecule has 0 spiro atoms. The van der Waals surface area contributed by atoms with E-state index in [1.807, 2.05) is 5.32 Å². The number of nitrogens with one attached hydrogen (secondary N) is 1. The van der Waals surface area contributed by atoms with E-state index in [0.29, 0.717) is 0 Å². The van der Waals surface area contributed by atoms with Crippen LogP contribution in [0.4, 0.5) is 4.79 Å². The van der Waals surface area contributed by atoms with Gasteiger partial charge in [-0.15, -0.1) is 0 Å². The third-order valence-electron chi connectivity index (χ3n) is 3.84. The van der Waals surface area contributed by atoms with Crippen LogP contribution in [-0.4, -0.2) is 53.9 Å². The van der Waals surface area contributed by atoms with Crippen molar-refractivity contribution in [3.8, 4) is 0 Å². The number of imide groups is 2. The molecule has 9 nitrogen and oxygen atoms in total. The van der Waals surface area contributed by atoms with Gasteiger partial charge in [0.2, 0.25) is 0 Å². The van der Waals surface area contributed by atoms with Crippen molar-refractivity contribution in [3.63, 3.8) is 0 Å². The molecule has 0 bridgehead atoms. The van der Waals surface area contributed by atoms with Crippen molar-refractivity contribution in [2.75, 3.05) is 13.2 Å². The van der Waals surface area contributed by atoms with Crippen LogP contribution < -0.4 is 5.32 Å². The smallest absolute Gasteiger partial charge is 0.413 e.